The molecule has 0 saturated heterocycles. The molecule has 0 aromatic heterocycles. The van der Waals surface area contributed by atoms with Gasteiger partial charge in [-0.25, -0.2) is 0 Å². The van der Waals surface area contributed by atoms with Crippen LogP contribution in [0.1, 0.15) is 34.0 Å². The van der Waals surface area contributed by atoms with Crippen molar-refractivity contribution in [3.05, 3.63) is 89.0 Å². The fourth-order valence-electron chi connectivity index (χ4n) is 3.75. The number of amides is 2. The molecule has 0 saturated carbocycles. The fraction of sp³-hybridized carbons (Fsp3) is 0.192. The molecule has 0 bridgehead atoms. The minimum atomic E-state index is -0.639. The number of benzene rings is 3. The van der Waals surface area contributed by atoms with E-state index in [4.69, 9.17) is 14.7 Å². The Balaban J connectivity index is 1.57. The van der Waals surface area contributed by atoms with Gasteiger partial charge in [0, 0.05) is 35.5 Å². The summed E-state index contributed by atoms with van der Waals surface area (Å²) in [4.78, 5) is 27.3. The number of hydrogen-bond donors (Lipinski definition) is 1. The van der Waals surface area contributed by atoms with Crippen LogP contribution >= 0.6 is 0 Å². The zero-order valence-corrected chi connectivity index (χ0v) is 18.4. The summed E-state index contributed by atoms with van der Waals surface area (Å²) in [5.41, 5.74) is 3.21. The Kier molecular flexibility index (Phi) is 6.27. The molecule has 0 aliphatic carbocycles. The summed E-state index contributed by atoms with van der Waals surface area (Å²) < 4.78 is 11.3. The Morgan fingerprint density at radius 1 is 1.18 bits per heavy atom. The van der Waals surface area contributed by atoms with Crippen molar-refractivity contribution in [2.24, 2.45) is 0 Å². The first-order chi connectivity index (χ1) is 16.0. The maximum absolute atomic E-state index is 13.0. The Hall–Kier alpha value is -4.31. The molecule has 0 spiro atoms. The third-order valence-corrected chi connectivity index (χ3v) is 5.47. The van der Waals surface area contributed by atoms with Crippen LogP contribution in [0.3, 0.4) is 0 Å². The van der Waals surface area contributed by atoms with Crippen molar-refractivity contribution in [1.29, 1.82) is 5.26 Å². The van der Waals surface area contributed by atoms with E-state index in [1.165, 1.54) is 0 Å². The van der Waals surface area contributed by atoms with Crippen LogP contribution < -0.4 is 14.8 Å². The summed E-state index contributed by atoms with van der Waals surface area (Å²) in [6.07, 6.45) is -0.639. The van der Waals surface area contributed by atoms with Gasteiger partial charge in [-0.15, -0.1) is 0 Å². The second-order valence-electron chi connectivity index (χ2n) is 7.73. The third kappa shape index (κ3) is 4.80. The highest BCUT2D eigenvalue weighted by molar-refractivity contribution is 6.04. The van der Waals surface area contributed by atoms with Crippen LogP contribution in [-0.4, -0.2) is 29.9 Å². The van der Waals surface area contributed by atoms with Crippen molar-refractivity contribution in [2.45, 2.75) is 26.1 Å². The maximum Gasteiger partial charge on any atom is 0.263 e. The zero-order chi connectivity index (χ0) is 23.4. The monoisotopic (exact) mass is 441 g/mol. The molecule has 4 rings (SSSR count). The van der Waals surface area contributed by atoms with E-state index in [0.717, 1.165) is 11.1 Å². The number of methoxy groups -OCH3 is 1. The summed E-state index contributed by atoms with van der Waals surface area (Å²) in [5.74, 6) is 0.908. The molecule has 0 radical (unpaired) electrons. The summed E-state index contributed by atoms with van der Waals surface area (Å²) >= 11 is 0. The van der Waals surface area contributed by atoms with Gasteiger partial charge in [-0.3, -0.25) is 9.59 Å². The Labute approximate surface area is 192 Å². The number of fused-ring (bicyclic) bond motifs is 1. The maximum atomic E-state index is 13.0. The molecule has 33 heavy (non-hydrogen) atoms. The number of ether oxygens (including phenoxy) is 2. The molecule has 0 fully saturated rings. The molecule has 1 heterocycles. The number of nitriles is 1. The second kappa shape index (κ2) is 9.45. The molecule has 7 heteroatoms. The Morgan fingerprint density at radius 3 is 2.67 bits per heavy atom. The van der Waals surface area contributed by atoms with E-state index in [1.54, 1.807) is 55.3 Å². The van der Waals surface area contributed by atoms with Crippen LogP contribution in [0.25, 0.3) is 0 Å². The molecule has 0 unspecified atom stereocenters. The van der Waals surface area contributed by atoms with Gasteiger partial charge in [0.25, 0.3) is 11.8 Å². The Morgan fingerprint density at radius 2 is 1.94 bits per heavy atom. The first kappa shape index (κ1) is 21.9. The quantitative estimate of drug-likeness (QED) is 0.643. The molecule has 7 nitrogen and oxygen atoms in total. The van der Waals surface area contributed by atoms with Gasteiger partial charge in [-0.05, 0) is 55.5 Å². The lowest BCUT2D eigenvalue weighted by atomic mass is 10.1. The minimum Gasteiger partial charge on any atom is -0.496 e. The van der Waals surface area contributed by atoms with Crippen molar-refractivity contribution in [2.75, 3.05) is 12.4 Å². The second-order valence-corrected chi connectivity index (χ2v) is 7.73. The van der Waals surface area contributed by atoms with Gasteiger partial charge >= 0.3 is 0 Å². The van der Waals surface area contributed by atoms with Gasteiger partial charge in [0.2, 0.25) is 0 Å². The number of para-hydroxylation sites is 1. The van der Waals surface area contributed by atoms with E-state index in [2.05, 4.69) is 5.32 Å². The molecule has 1 atom stereocenters. The average molecular weight is 441 g/mol. The van der Waals surface area contributed by atoms with Gasteiger partial charge in [-0.1, -0.05) is 18.2 Å². The van der Waals surface area contributed by atoms with Crippen molar-refractivity contribution < 1.29 is 19.1 Å². The van der Waals surface area contributed by atoms with Crippen LogP contribution in [0.5, 0.6) is 11.5 Å². The van der Waals surface area contributed by atoms with Gasteiger partial charge in [0.1, 0.15) is 11.5 Å². The summed E-state index contributed by atoms with van der Waals surface area (Å²) in [6.45, 7) is 2.43. The number of rotatable bonds is 5. The molecule has 2 amide bonds. The van der Waals surface area contributed by atoms with Crippen molar-refractivity contribution in [3.8, 4) is 17.6 Å². The van der Waals surface area contributed by atoms with Crippen LogP contribution in [-0.2, 0) is 17.9 Å². The van der Waals surface area contributed by atoms with Gasteiger partial charge in [0.05, 0.1) is 18.7 Å². The van der Waals surface area contributed by atoms with E-state index >= 15 is 0 Å². The van der Waals surface area contributed by atoms with Gasteiger partial charge < -0.3 is 19.7 Å². The molecule has 166 valence electrons. The first-order valence-corrected chi connectivity index (χ1v) is 10.5. The highest BCUT2D eigenvalue weighted by Crippen LogP contribution is 2.30. The highest BCUT2D eigenvalue weighted by Gasteiger charge is 2.28. The fourth-order valence-corrected chi connectivity index (χ4v) is 3.75. The molecular formula is C26H23N3O4. The van der Waals surface area contributed by atoms with E-state index in [9.17, 15) is 9.59 Å². The SMILES string of the molecule is COc1ccccc1CN1Cc2cc(NC(=O)c3ccc(C#N)cc3)ccc2O[C@H](C)C1=O. The topological polar surface area (TPSA) is 91.7 Å². The number of nitrogens with zero attached hydrogens (tertiary/aromatic N) is 2. The smallest absolute Gasteiger partial charge is 0.263 e. The average Bonchev–Trinajstić information content (AvgIpc) is 2.95. The Bertz CT molecular complexity index is 1230. The number of carbonyl (C=O) groups is 2. The first-order valence-electron chi connectivity index (χ1n) is 10.5. The summed E-state index contributed by atoms with van der Waals surface area (Å²) in [7, 11) is 1.60. The van der Waals surface area contributed by atoms with Gasteiger partial charge in [-0.2, -0.15) is 5.26 Å². The molecule has 1 aliphatic rings. The van der Waals surface area contributed by atoms with E-state index < -0.39 is 6.10 Å². The number of hydrogen-bond acceptors (Lipinski definition) is 5. The zero-order valence-electron chi connectivity index (χ0n) is 18.4. The van der Waals surface area contributed by atoms with E-state index in [-0.39, 0.29) is 11.8 Å². The molecule has 3 aromatic carbocycles. The van der Waals surface area contributed by atoms with Crippen LogP contribution in [0.2, 0.25) is 0 Å². The van der Waals surface area contributed by atoms with Crippen molar-refractivity contribution >= 4 is 17.5 Å². The summed E-state index contributed by atoms with van der Waals surface area (Å²) in [5, 5.41) is 11.8. The van der Waals surface area contributed by atoms with E-state index in [0.29, 0.717) is 41.4 Å². The van der Waals surface area contributed by atoms with Crippen LogP contribution in [0, 0.1) is 11.3 Å². The predicted molar refractivity (Wildman–Crippen MR) is 123 cm³/mol. The van der Waals surface area contributed by atoms with Gasteiger partial charge in [0.15, 0.2) is 6.10 Å². The lowest BCUT2D eigenvalue weighted by molar-refractivity contribution is -0.138. The van der Waals surface area contributed by atoms with Crippen LogP contribution in [0.4, 0.5) is 5.69 Å². The molecule has 1 aliphatic heterocycles. The standard InChI is InChI=1S/C26H23N3O4/c1-17-26(31)29(15-20-5-3-4-6-23(20)32-2)16-21-13-22(11-12-24(21)33-17)28-25(30)19-9-7-18(14-27)8-10-19/h3-13,17H,15-16H2,1-2H3,(H,28,30)/t17-/m1/s1. The van der Waals surface area contributed by atoms with E-state index in [1.807, 2.05) is 36.4 Å². The minimum absolute atomic E-state index is 0.125. The molecular weight excluding hydrogens is 418 g/mol. The lowest BCUT2D eigenvalue weighted by Crippen LogP contribution is -2.37. The number of anilines is 1. The molecule has 3 aromatic rings. The third-order valence-electron chi connectivity index (χ3n) is 5.47. The molecule has 1 N–H and O–H groups in total. The normalized spacial score (nSPS) is 15.0. The summed E-state index contributed by atoms with van der Waals surface area (Å²) in [6, 6.07) is 21.4. The number of carbonyl (C=O) groups excluding carboxylic acids is 2. The van der Waals surface area contributed by atoms with Crippen molar-refractivity contribution in [1.82, 2.24) is 4.90 Å². The highest BCUT2D eigenvalue weighted by atomic mass is 16.5. The van der Waals surface area contributed by atoms with Crippen molar-refractivity contribution in [3.63, 3.8) is 0 Å². The van der Waals surface area contributed by atoms with Crippen LogP contribution in [0.15, 0.2) is 66.7 Å². The number of nitrogens with one attached hydrogen (secondary N) is 1. The predicted octanol–water partition coefficient (Wildman–Crippen LogP) is 4.13. The lowest BCUT2D eigenvalue weighted by Gasteiger charge is -2.23. The largest absolute Gasteiger partial charge is 0.496 e.